The first-order valence-electron chi connectivity index (χ1n) is 44.8. The molecule has 0 aliphatic carbocycles. The molecule has 12 aromatic rings. The molecular weight excluding hydrogens is 1970 g/mol. The summed E-state index contributed by atoms with van der Waals surface area (Å²) in [6.45, 7) is 58.7. The SMILES string of the molecule is CC(C)c1cccc(C(C)C)c1[N]=[Mo]=[CH]C(C)(C)C.CC(C)c1cccc(C(C)C)c1[N]=[Mo]=[CH]C(C)(C)c1ccccc1.CC(O)(c1ccccc1)C(F)(F)F.CC(O)(c1ccccc1)C(F)(F)F.CC(O)(c1ccccc1)C(F)(F)F.Cc1cc(C)c(-c2cc(F)cc(-c3c(C)cc(C)cc3C)c2O)c(C)c1.Cc1ccc(C)[n-]1.Cc1cccc(C)c1[N]=[Mo]=[CH]C(C)(C)C.c1cc[n-]c1. The van der Waals surface area contributed by atoms with Crippen molar-refractivity contribution < 1.29 is 118 Å². The van der Waals surface area contributed by atoms with E-state index in [2.05, 4.69) is 257 Å². The number of hydrogen-bond acceptors (Lipinski definition) is 7. The summed E-state index contributed by atoms with van der Waals surface area (Å²) in [5, 5.41) is 38.7. The Morgan fingerprint density at radius 1 is 0.311 bits per heavy atom. The van der Waals surface area contributed by atoms with E-state index in [1.165, 1.54) is 141 Å². The van der Waals surface area contributed by atoms with Gasteiger partial charge >= 0.3 is 401 Å². The number of hydrogen-bond donors (Lipinski definition) is 4. The van der Waals surface area contributed by atoms with Gasteiger partial charge in [-0.1, -0.05) is 165 Å². The Morgan fingerprint density at radius 2 is 0.570 bits per heavy atom. The van der Waals surface area contributed by atoms with Gasteiger partial charge in [0.25, 0.3) is 0 Å². The maximum Gasteiger partial charge on any atom is -0.0860 e. The van der Waals surface area contributed by atoms with Crippen molar-refractivity contribution in [3.05, 3.63) is 355 Å². The fourth-order valence-corrected chi connectivity index (χ4v) is 19.1. The third-order valence-electron chi connectivity index (χ3n) is 21.2. The Labute approximate surface area is 821 Å². The molecule has 2 heterocycles. The van der Waals surface area contributed by atoms with Crippen LogP contribution in [0.5, 0.6) is 5.75 Å². The van der Waals surface area contributed by atoms with Gasteiger partial charge in [0, 0.05) is 11.1 Å². The number of aryl methyl sites for hydroxylation is 10. The predicted molar refractivity (Wildman–Crippen MR) is 531 cm³/mol. The Bertz CT molecular complexity index is 5510. The monoisotopic (exact) mass is 2110 g/mol. The van der Waals surface area contributed by atoms with E-state index in [-0.39, 0.29) is 57.0 Å². The van der Waals surface area contributed by atoms with Gasteiger partial charge in [-0.2, -0.15) is 63.3 Å². The Morgan fingerprint density at radius 3 is 0.807 bits per heavy atom. The summed E-state index contributed by atoms with van der Waals surface area (Å²) in [7, 11) is 0. The van der Waals surface area contributed by atoms with E-state index in [4.69, 9.17) is 10.5 Å². The minimum atomic E-state index is -4.64. The molecule has 22 heteroatoms. The molecule has 0 saturated heterocycles. The smallest absolute Gasteiger partial charge is 0.0860 e. The first kappa shape index (κ1) is 118. The van der Waals surface area contributed by atoms with E-state index in [9.17, 15) is 64.3 Å². The minimum absolute atomic E-state index is 0.0811. The van der Waals surface area contributed by atoms with Crippen LogP contribution in [0.15, 0.2) is 259 Å². The maximum absolute atomic E-state index is 14.6. The van der Waals surface area contributed by atoms with Crippen LogP contribution in [0.2, 0.25) is 0 Å². The van der Waals surface area contributed by atoms with E-state index in [1.54, 1.807) is 30.6 Å². The molecule has 0 spiro atoms. The largest absolute Gasteiger partial charge is 0.670 e. The van der Waals surface area contributed by atoms with Gasteiger partial charge in [0.15, 0.2) is 16.8 Å². The van der Waals surface area contributed by atoms with E-state index in [0.29, 0.717) is 40.2 Å². The topological polar surface area (TPSA) is 146 Å². The number of aromatic nitrogens is 2. The van der Waals surface area contributed by atoms with E-state index in [1.807, 2.05) is 79.7 Å². The molecular formula is C113H139F10Mo3N5O4-2. The number of halogens is 10. The van der Waals surface area contributed by atoms with Crippen molar-refractivity contribution >= 4 is 30.3 Å². The van der Waals surface area contributed by atoms with Crippen molar-refractivity contribution in [2.75, 3.05) is 0 Å². The molecule has 0 bridgehead atoms. The first-order chi connectivity index (χ1) is 62.5. The number of nitrogens with zero attached hydrogens (tertiary/aromatic N) is 5. The van der Waals surface area contributed by atoms with Crippen LogP contribution in [0.25, 0.3) is 22.3 Å². The zero-order chi connectivity index (χ0) is 102. The number of benzene rings is 10. The van der Waals surface area contributed by atoms with E-state index < -0.39 is 71.2 Å². The molecule has 730 valence electrons. The zero-order valence-corrected chi connectivity index (χ0v) is 89.8. The summed E-state index contributed by atoms with van der Waals surface area (Å²) in [5.74, 6) is 1.90. The summed E-state index contributed by atoms with van der Waals surface area (Å²) < 4.78 is 147. The van der Waals surface area contributed by atoms with Crippen molar-refractivity contribution in [3.8, 4) is 28.0 Å². The Hall–Kier alpha value is -9.19. The van der Waals surface area contributed by atoms with Gasteiger partial charge in [0.2, 0.25) is 0 Å². The summed E-state index contributed by atoms with van der Waals surface area (Å²) in [6, 6.07) is 70.3. The third-order valence-corrected chi connectivity index (χ3v) is 29.1. The predicted octanol–water partition coefficient (Wildman–Crippen LogP) is 32.3. The second kappa shape index (κ2) is 53.1. The molecule has 0 saturated carbocycles. The fourth-order valence-electron chi connectivity index (χ4n) is 13.6. The molecule has 4 N–H and O–H groups in total. The second-order valence-electron chi connectivity index (χ2n) is 38.0. The molecule has 3 unspecified atom stereocenters. The summed E-state index contributed by atoms with van der Waals surface area (Å²) >= 11 is -1.32. The van der Waals surface area contributed by atoms with Crippen LogP contribution in [0, 0.1) is 85.9 Å². The molecule has 0 amide bonds. The standard InChI is InChI=1S/C24H25FO.2C12H17N.C10H12.3C9H9F3O.C8H9N.C6H8N.2C5H10.C4H4N.3Mo/c1-13-7-15(3)22(16(4)8-13)20-11-19(25)12-21(24(20)26)23-17(5)9-14(2)10-18(23)6;2*1-8(2)10-6-5-7-11(9(3)4)12(10)13;1-10(2,3)9-7-5-4-6-8-9;3*1-8(13,9(10,11)12)7-5-3-2-4-6-7;1-6-4-3-5-7(2)8(6)9;1-5-3-4-6(2)7-5;2*1-5(2,3)4;1-2-4-5-3-1;;;/h7-12,26H,1-6H3;2*5-9H,1-4H3;1,4-8H,2-3H3;3*2-6,13H,1H3;3-5H,1-2H3;3-4H,1-2H3;2*1H,2-4H3;1-4H;;;/q;;;;;;;;-1;;;-1;;;. The van der Waals surface area contributed by atoms with Gasteiger partial charge in [-0.15, -0.1) is 0 Å². The van der Waals surface area contributed by atoms with Crippen molar-refractivity contribution in [3.63, 3.8) is 0 Å². The Kier molecular flexibility index (Phi) is 46.5. The van der Waals surface area contributed by atoms with Crippen LogP contribution in [-0.4, -0.2) is 52.2 Å². The van der Waals surface area contributed by atoms with Crippen LogP contribution >= 0.6 is 0 Å². The molecule has 0 aliphatic heterocycles. The van der Waals surface area contributed by atoms with E-state index in [0.717, 1.165) is 76.7 Å². The molecule has 0 fully saturated rings. The van der Waals surface area contributed by atoms with Gasteiger partial charge in [-0.05, 0) is 125 Å². The summed E-state index contributed by atoms with van der Waals surface area (Å²) in [4.78, 5) is 7.83. The van der Waals surface area contributed by atoms with Gasteiger partial charge < -0.3 is 30.4 Å². The normalized spacial score (nSPS) is 12.7. The van der Waals surface area contributed by atoms with Crippen molar-refractivity contribution in [2.24, 2.45) is 21.3 Å². The van der Waals surface area contributed by atoms with E-state index >= 15 is 0 Å². The number of aliphatic hydroxyl groups is 3. The van der Waals surface area contributed by atoms with Gasteiger partial charge in [-0.3, -0.25) is 0 Å². The molecule has 135 heavy (non-hydrogen) atoms. The van der Waals surface area contributed by atoms with Gasteiger partial charge in [0.1, 0.15) is 11.6 Å². The summed E-state index contributed by atoms with van der Waals surface area (Å²) in [5.41, 5.74) is 16.8. The quantitative estimate of drug-likeness (QED) is 0.0630. The number of phenolic OH excluding ortho intramolecular Hbond substituents is 1. The number of alkyl halides is 9. The number of rotatable bonds is 14. The average molecular weight is 2110 g/mol. The van der Waals surface area contributed by atoms with Crippen molar-refractivity contribution in [2.45, 2.75) is 265 Å². The third kappa shape index (κ3) is 37.9. The van der Waals surface area contributed by atoms with Crippen molar-refractivity contribution in [1.82, 2.24) is 9.97 Å². The van der Waals surface area contributed by atoms with Gasteiger partial charge in [-0.25, -0.2) is 4.39 Å². The van der Waals surface area contributed by atoms with Crippen LogP contribution in [0.4, 0.5) is 61.0 Å². The molecule has 9 nitrogen and oxygen atoms in total. The molecule has 2 aromatic heterocycles. The maximum atomic E-state index is 14.6. The van der Waals surface area contributed by atoms with Crippen molar-refractivity contribution in [1.29, 1.82) is 0 Å². The molecule has 0 aliphatic rings. The second-order valence-corrected chi connectivity index (χ2v) is 42.6. The molecule has 12 rings (SSSR count). The number of phenols is 1. The molecule has 0 radical (unpaired) electrons. The van der Waals surface area contributed by atoms with Crippen LogP contribution in [0.3, 0.4) is 0 Å². The van der Waals surface area contributed by atoms with Crippen LogP contribution < -0.4 is 9.97 Å². The Balaban J connectivity index is 0.000000327. The summed E-state index contributed by atoms with van der Waals surface area (Å²) in [6.07, 6.45) is -10.4. The molecule has 10 aromatic carbocycles. The average Bonchev–Trinajstić information content (AvgIpc) is 1.21. The van der Waals surface area contributed by atoms with Crippen LogP contribution in [0.1, 0.15) is 256 Å². The zero-order valence-electron chi connectivity index (χ0n) is 83.7. The first-order valence-corrected chi connectivity index (χ1v) is 51.0. The molecule has 3 atom stereocenters. The number of aromatic hydroxyl groups is 1. The van der Waals surface area contributed by atoms with Crippen LogP contribution in [-0.2, 0) is 76.0 Å². The minimum Gasteiger partial charge on any atom is -0.670 e. The van der Waals surface area contributed by atoms with Gasteiger partial charge in [0.05, 0.1) is 0 Å². The fraction of sp³-hybridized carbons (Fsp3) is 0.372.